The van der Waals surface area contributed by atoms with Crippen LogP contribution in [0, 0.1) is 10.1 Å². The van der Waals surface area contributed by atoms with Crippen molar-refractivity contribution in [3.8, 4) is 0 Å². The zero-order chi connectivity index (χ0) is 19.5. The fraction of sp³-hybridized carbons (Fsp3) is 0.0667. The molecular weight excluding hydrogens is 368 g/mol. The highest BCUT2D eigenvalue weighted by molar-refractivity contribution is 7.92. The van der Waals surface area contributed by atoms with E-state index in [-0.39, 0.29) is 5.69 Å². The van der Waals surface area contributed by atoms with Crippen LogP contribution < -0.4 is 4.31 Å². The number of carbonyl (C=O) groups is 2. The number of benzene rings is 2. The van der Waals surface area contributed by atoms with E-state index in [9.17, 15) is 33.2 Å². The van der Waals surface area contributed by atoms with Gasteiger partial charge in [0.25, 0.3) is 15.7 Å². The molecule has 2 aromatic rings. The summed E-state index contributed by atoms with van der Waals surface area (Å²) in [5, 5.41) is 29.2. The van der Waals surface area contributed by atoms with Crippen LogP contribution in [0.15, 0.2) is 53.4 Å². The van der Waals surface area contributed by atoms with E-state index in [0.717, 1.165) is 36.4 Å². The van der Waals surface area contributed by atoms with Crippen molar-refractivity contribution in [3.63, 3.8) is 0 Å². The second-order valence-corrected chi connectivity index (χ2v) is 6.84. The summed E-state index contributed by atoms with van der Waals surface area (Å²) >= 11 is 0. The number of aromatic carboxylic acids is 1. The van der Waals surface area contributed by atoms with Gasteiger partial charge in [0.2, 0.25) is 0 Å². The van der Waals surface area contributed by atoms with Crippen LogP contribution in [0.5, 0.6) is 0 Å². The molecule has 0 heterocycles. The summed E-state index contributed by atoms with van der Waals surface area (Å²) in [5.74, 6) is -2.98. The number of anilines is 1. The van der Waals surface area contributed by atoms with Gasteiger partial charge in [-0.1, -0.05) is 18.2 Å². The third-order valence-corrected chi connectivity index (χ3v) is 5.05. The Hall–Kier alpha value is -3.47. The number of nitrogens with zero attached hydrogens (tertiary/aromatic N) is 2. The van der Waals surface area contributed by atoms with Crippen LogP contribution in [0.1, 0.15) is 10.4 Å². The molecule has 26 heavy (non-hydrogen) atoms. The molecular formula is C15H12N2O8S. The molecule has 0 aromatic heterocycles. The maximum atomic E-state index is 12.9. The Balaban J connectivity index is 2.67. The zero-order valence-corrected chi connectivity index (χ0v) is 13.8. The number of carboxylic acid groups (broad SMARTS) is 2. The Morgan fingerprint density at radius 3 is 2.31 bits per heavy atom. The number of nitro benzene ring substituents is 1. The minimum atomic E-state index is -4.58. The second kappa shape index (κ2) is 7.19. The minimum Gasteiger partial charge on any atom is -0.480 e. The third kappa shape index (κ3) is 3.78. The van der Waals surface area contributed by atoms with Gasteiger partial charge in [0.15, 0.2) is 0 Å². The van der Waals surface area contributed by atoms with Gasteiger partial charge in [0, 0.05) is 12.1 Å². The summed E-state index contributed by atoms with van der Waals surface area (Å²) in [6, 6.07) is 9.00. The van der Waals surface area contributed by atoms with E-state index in [0.29, 0.717) is 4.31 Å². The number of sulfonamides is 1. The van der Waals surface area contributed by atoms with Gasteiger partial charge in [-0.25, -0.2) is 13.2 Å². The van der Waals surface area contributed by atoms with Crippen molar-refractivity contribution in [2.45, 2.75) is 4.90 Å². The molecule has 11 heteroatoms. The van der Waals surface area contributed by atoms with E-state index in [2.05, 4.69) is 0 Å². The number of hydrogen-bond acceptors (Lipinski definition) is 6. The molecule has 2 aromatic carbocycles. The third-order valence-electron chi connectivity index (χ3n) is 3.30. The summed E-state index contributed by atoms with van der Waals surface area (Å²) in [6.07, 6.45) is 0. The fourth-order valence-corrected chi connectivity index (χ4v) is 3.65. The van der Waals surface area contributed by atoms with Crippen LogP contribution in [0.3, 0.4) is 0 Å². The molecule has 0 atom stereocenters. The Morgan fingerprint density at radius 2 is 1.73 bits per heavy atom. The molecule has 0 aliphatic heterocycles. The van der Waals surface area contributed by atoms with Crippen molar-refractivity contribution < 1.29 is 33.1 Å². The van der Waals surface area contributed by atoms with Crippen molar-refractivity contribution in [3.05, 3.63) is 64.2 Å². The highest BCUT2D eigenvalue weighted by Crippen LogP contribution is 2.28. The molecule has 0 radical (unpaired) electrons. The van der Waals surface area contributed by atoms with Crippen LogP contribution in [0.4, 0.5) is 11.4 Å². The van der Waals surface area contributed by atoms with E-state index < -0.39 is 49.6 Å². The smallest absolute Gasteiger partial charge is 0.337 e. The lowest BCUT2D eigenvalue weighted by Gasteiger charge is -2.24. The van der Waals surface area contributed by atoms with Gasteiger partial charge in [-0.15, -0.1) is 0 Å². The Morgan fingerprint density at radius 1 is 1.08 bits per heavy atom. The van der Waals surface area contributed by atoms with Gasteiger partial charge in [0.05, 0.1) is 21.1 Å². The first-order valence-corrected chi connectivity index (χ1v) is 8.40. The number of aliphatic carboxylic acids is 1. The van der Waals surface area contributed by atoms with Crippen molar-refractivity contribution in [2.24, 2.45) is 0 Å². The summed E-state index contributed by atoms with van der Waals surface area (Å²) in [6.45, 7) is -1.06. The highest BCUT2D eigenvalue weighted by Gasteiger charge is 2.31. The number of non-ortho nitro benzene ring substituents is 1. The van der Waals surface area contributed by atoms with E-state index in [1.165, 1.54) is 12.1 Å². The van der Waals surface area contributed by atoms with Crippen molar-refractivity contribution >= 4 is 33.3 Å². The maximum Gasteiger partial charge on any atom is 0.337 e. The topological polar surface area (TPSA) is 155 Å². The number of hydrogen-bond donors (Lipinski definition) is 2. The largest absolute Gasteiger partial charge is 0.480 e. The summed E-state index contributed by atoms with van der Waals surface area (Å²) in [5.41, 5.74) is -1.30. The number of nitro groups is 1. The molecule has 0 aliphatic rings. The molecule has 0 fully saturated rings. The first-order chi connectivity index (χ1) is 12.1. The van der Waals surface area contributed by atoms with Gasteiger partial charge in [0.1, 0.15) is 6.54 Å². The molecule has 2 rings (SSSR count). The molecule has 0 saturated heterocycles. The second-order valence-electron chi connectivity index (χ2n) is 4.98. The Kier molecular flexibility index (Phi) is 5.22. The fourth-order valence-electron chi connectivity index (χ4n) is 2.18. The van der Waals surface area contributed by atoms with Crippen molar-refractivity contribution in [2.75, 3.05) is 10.8 Å². The predicted octanol–water partition coefficient (Wildman–Crippen LogP) is 1.57. The molecule has 136 valence electrons. The Labute approximate surface area is 147 Å². The zero-order valence-electron chi connectivity index (χ0n) is 13.0. The average molecular weight is 380 g/mol. The highest BCUT2D eigenvalue weighted by atomic mass is 32.2. The van der Waals surface area contributed by atoms with E-state index in [1.807, 2.05) is 0 Å². The van der Waals surface area contributed by atoms with Crippen LogP contribution in [0.2, 0.25) is 0 Å². The quantitative estimate of drug-likeness (QED) is 0.541. The van der Waals surface area contributed by atoms with E-state index in [4.69, 9.17) is 5.11 Å². The minimum absolute atomic E-state index is 0.367. The molecule has 10 nitrogen and oxygen atoms in total. The molecule has 0 spiro atoms. The number of para-hydroxylation sites is 1. The molecule has 0 saturated carbocycles. The summed E-state index contributed by atoms with van der Waals surface area (Å²) in [4.78, 5) is 32.0. The van der Waals surface area contributed by atoms with Crippen LogP contribution in [-0.2, 0) is 14.8 Å². The van der Waals surface area contributed by atoms with Crippen LogP contribution in [0.25, 0.3) is 0 Å². The lowest BCUT2D eigenvalue weighted by Crippen LogP contribution is -2.36. The number of rotatable bonds is 7. The molecule has 0 amide bonds. The van der Waals surface area contributed by atoms with E-state index >= 15 is 0 Å². The van der Waals surface area contributed by atoms with Crippen molar-refractivity contribution in [1.82, 2.24) is 0 Å². The SMILES string of the molecule is O=C(O)CN(c1ccccc1C(=O)O)S(=O)(=O)c1cccc([N+](=O)[O-])c1. The predicted molar refractivity (Wildman–Crippen MR) is 88.7 cm³/mol. The van der Waals surface area contributed by atoms with Crippen LogP contribution >= 0.6 is 0 Å². The normalized spacial score (nSPS) is 10.9. The van der Waals surface area contributed by atoms with Gasteiger partial charge < -0.3 is 10.2 Å². The molecule has 0 unspecified atom stereocenters. The lowest BCUT2D eigenvalue weighted by molar-refractivity contribution is -0.385. The van der Waals surface area contributed by atoms with Gasteiger partial charge >= 0.3 is 11.9 Å². The van der Waals surface area contributed by atoms with Gasteiger partial charge in [-0.05, 0) is 18.2 Å². The molecule has 2 N–H and O–H groups in total. The van der Waals surface area contributed by atoms with Gasteiger partial charge in [-0.2, -0.15) is 0 Å². The van der Waals surface area contributed by atoms with Crippen molar-refractivity contribution in [1.29, 1.82) is 0 Å². The summed E-state index contributed by atoms with van der Waals surface area (Å²) < 4.78 is 26.1. The maximum absolute atomic E-state index is 12.9. The summed E-state index contributed by atoms with van der Waals surface area (Å²) in [7, 11) is -4.58. The number of carboxylic acids is 2. The first-order valence-electron chi connectivity index (χ1n) is 6.96. The van der Waals surface area contributed by atoms with Gasteiger partial charge in [-0.3, -0.25) is 19.2 Å². The average Bonchev–Trinajstić information content (AvgIpc) is 2.59. The molecule has 0 aliphatic carbocycles. The first kappa shape index (κ1) is 18.9. The standard InChI is InChI=1S/C15H12N2O8S/c18-14(19)9-16(13-7-2-1-6-12(13)15(20)21)26(24,25)11-5-3-4-10(8-11)17(22)23/h1-8H,9H2,(H,18,19)(H,20,21). The van der Waals surface area contributed by atoms with E-state index in [1.54, 1.807) is 0 Å². The monoisotopic (exact) mass is 380 g/mol. The lowest BCUT2D eigenvalue weighted by atomic mass is 10.2. The Bertz CT molecular complexity index is 987. The molecule has 0 bridgehead atoms. The van der Waals surface area contributed by atoms with Crippen LogP contribution in [-0.4, -0.2) is 42.0 Å².